The van der Waals surface area contributed by atoms with E-state index in [-0.39, 0.29) is 5.56 Å². The van der Waals surface area contributed by atoms with E-state index in [0.717, 1.165) is 0 Å². The second-order valence-corrected chi connectivity index (χ2v) is 5.69. The zero-order chi connectivity index (χ0) is 17.7. The smallest absolute Gasteiger partial charge is 0.338 e. The average molecular weight is 363 g/mol. The normalized spacial score (nSPS) is 11.2. The minimum atomic E-state index is -1.04. The van der Waals surface area contributed by atoms with Gasteiger partial charge in [-0.05, 0) is 49.4 Å². The van der Waals surface area contributed by atoms with Crippen LogP contribution in [0.3, 0.4) is 0 Å². The van der Waals surface area contributed by atoms with Crippen LogP contribution in [-0.2, 0) is 9.53 Å². The van der Waals surface area contributed by atoms with Crippen molar-refractivity contribution in [3.8, 4) is 6.07 Å². The number of hydrogen-bond donors (Lipinski definition) is 1. The molecule has 0 fully saturated rings. The third kappa shape index (κ3) is 4.48. The van der Waals surface area contributed by atoms with Crippen LogP contribution < -0.4 is 5.32 Å². The standard InChI is InChI=1S/C17H12Cl2N2O3/c1-10(16(22)21-15-8-13(18)6-7-14(15)19)24-17(23)12-4-2-11(9-20)3-5-12/h2-8,10H,1H3,(H,21,22). The lowest BCUT2D eigenvalue weighted by atomic mass is 10.1. The fourth-order valence-corrected chi connectivity index (χ4v) is 2.13. The number of rotatable bonds is 4. The van der Waals surface area contributed by atoms with Crippen LogP contribution in [0.25, 0.3) is 0 Å². The van der Waals surface area contributed by atoms with Gasteiger partial charge in [0.15, 0.2) is 6.10 Å². The number of amides is 1. The largest absolute Gasteiger partial charge is 0.449 e. The van der Waals surface area contributed by atoms with Gasteiger partial charge in [0, 0.05) is 5.02 Å². The molecule has 0 bridgehead atoms. The molecule has 7 heteroatoms. The molecule has 1 N–H and O–H groups in total. The van der Waals surface area contributed by atoms with E-state index >= 15 is 0 Å². The third-order valence-corrected chi connectivity index (χ3v) is 3.65. The maximum atomic E-state index is 12.1. The lowest BCUT2D eigenvalue weighted by Gasteiger charge is -2.14. The molecule has 0 aliphatic rings. The number of halogens is 2. The van der Waals surface area contributed by atoms with E-state index in [1.807, 2.05) is 6.07 Å². The summed E-state index contributed by atoms with van der Waals surface area (Å²) < 4.78 is 5.10. The first-order valence-electron chi connectivity index (χ1n) is 6.88. The van der Waals surface area contributed by atoms with Crippen molar-refractivity contribution >= 4 is 40.8 Å². The Kier molecular flexibility index (Phi) is 5.80. The van der Waals surface area contributed by atoms with E-state index in [2.05, 4.69) is 5.32 Å². The molecule has 2 rings (SSSR count). The van der Waals surface area contributed by atoms with Crippen molar-refractivity contribution in [2.75, 3.05) is 5.32 Å². The first kappa shape index (κ1) is 17.8. The number of ether oxygens (including phenoxy) is 1. The van der Waals surface area contributed by atoms with Gasteiger partial charge in [0.2, 0.25) is 0 Å². The maximum Gasteiger partial charge on any atom is 0.338 e. The molecular weight excluding hydrogens is 351 g/mol. The molecule has 2 aromatic carbocycles. The van der Waals surface area contributed by atoms with Crippen molar-refractivity contribution < 1.29 is 14.3 Å². The molecule has 0 saturated heterocycles. The number of carbonyl (C=O) groups excluding carboxylic acids is 2. The van der Waals surface area contributed by atoms with Crippen LogP contribution in [0.4, 0.5) is 5.69 Å². The molecule has 0 aromatic heterocycles. The lowest BCUT2D eigenvalue weighted by Crippen LogP contribution is -2.30. The Balaban J connectivity index is 2.01. The summed E-state index contributed by atoms with van der Waals surface area (Å²) in [5.74, 6) is -1.21. The second kappa shape index (κ2) is 7.82. The van der Waals surface area contributed by atoms with Gasteiger partial charge >= 0.3 is 5.97 Å². The molecule has 0 aliphatic heterocycles. The maximum absolute atomic E-state index is 12.1. The first-order chi connectivity index (χ1) is 11.4. The summed E-state index contributed by atoms with van der Waals surface area (Å²) in [6.45, 7) is 1.44. The number of benzene rings is 2. The molecule has 0 spiro atoms. The van der Waals surface area contributed by atoms with Crippen molar-refractivity contribution in [3.05, 3.63) is 63.6 Å². The zero-order valence-electron chi connectivity index (χ0n) is 12.5. The molecule has 1 atom stereocenters. The van der Waals surface area contributed by atoms with Crippen LogP contribution in [0.5, 0.6) is 0 Å². The van der Waals surface area contributed by atoms with Gasteiger partial charge in [0.25, 0.3) is 5.91 Å². The number of nitrogens with zero attached hydrogens (tertiary/aromatic N) is 1. The van der Waals surface area contributed by atoms with Gasteiger partial charge in [-0.3, -0.25) is 4.79 Å². The number of carbonyl (C=O) groups is 2. The van der Waals surface area contributed by atoms with Gasteiger partial charge in [-0.1, -0.05) is 23.2 Å². The van der Waals surface area contributed by atoms with E-state index in [1.54, 1.807) is 12.1 Å². The Labute approximate surface area is 148 Å². The summed E-state index contributed by atoms with van der Waals surface area (Å²) in [6, 6.07) is 12.5. The van der Waals surface area contributed by atoms with Crippen LogP contribution in [-0.4, -0.2) is 18.0 Å². The van der Waals surface area contributed by atoms with Gasteiger partial charge in [0.1, 0.15) is 0 Å². The molecule has 5 nitrogen and oxygen atoms in total. The SMILES string of the molecule is CC(OC(=O)c1ccc(C#N)cc1)C(=O)Nc1cc(Cl)ccc1Cl. The lowest BCUT2D eigenvalue weighted by molar-refractivity contribution is -0.123. The molecular formula is C17H12Cl2N2O3. The Morgan fingerprint density at radius 1 is 1.17 bits per heavy atom. The van der Waals surface area contributed by atoms with E-state index < -0.39 is 18.0 Å². The van der Waals surface area contributed by atoms with Crippen molar-refractivity contribution in [2.24, 2.45) is 0 Å². The fraction of sp³-hybridized carbons (Fsp3) is 0.118. The number of hydrogen-bond acceptors (Lipinski definition) is 4. The first-order valence-corrected chi connectivity index (χ1v) is 7.63. The van der Waals surface area contributed by atoms with Crippen LogP contribution in [0.1, 0.15) is 22.8 Å². The second-order valence-electron chi connectivity index (χ2n) is 4.85. The molecule has 0 aliphatic carbocycles. The summed E-state index contributed by atoms with van der Waals surface area (Å²) in [5.41, 5.74) is 0.998. The van der Waals surface area contributed by atoms with Crippen molar-refractivity contribution in [1.29, 1.82) is 5.26 Å². The zero-order valence-corrected chi connectivity index (χ0v) is 14.1. The number of nitrogens with one attached hydrogen (secondary N) is 1. The molecule has 0 radical (unpaired) electrons. The van der Waals surface area contributed by atoms with Gasteiger partial charge in [-0.15, -0.1) is 0 Å². The summed E-state index contributed by atoms with van der Waals surface area (Å²) in [7, 11) is 0. The van der Waals surface area contributed by atoms with Crippen LogP contribution in [0, 0.1) is 11.3 Å². The number of anilines is 1. The highest BCUT2D eigenvalue weighted by atomic mass is 35.5. The predicted octanol–water partition coefficient (Wildman–Crippen LogP) is 4.05. The highest BCUT2D eigenvalue weighted by Crippen LogP contribution is 2.25. The average Bonchev–Trinajstić information content (AvgIpc) is 2.58. The summed E-state index contributed by atoms with van der Waals surface area (Å²) in [4.78, 5) is 24.1. The quantitative estimate of drug-likeness (QED) is 0.832. The topological polar surface area (TPSA) is 79.2 Å². The molecule has 122 valence electrons. The van der Waals surface area contributed by atoms with Gasteiger partial charge in [0.05, 0.1) is 27.9 Å². The minimum Gasteiger partial charge on any atom is -0.449 e. The summed E-state index contributed by atoms with van der Waals surface area (Å²) in [6.07, 6.45) is -1.04. The Bertz CT molecular complexity index is 814. The summed E-state index contributed by atoms with van der Waals surface area (Å²) >= 11 is 11.8. The monoisotopic (exact) mass is 362 g/mol. The van der Waals surface area contributed by atoms with Gasteiger partial charge in [-0.25, -0.2) is 4.79 Å². The highest BCUT2D eigenvalue weighted by Gasteiger charge is 2.20. The van der Waals surface area contributed by atoms with Crippen LogP contribution >= 0.6 is 23.2 Å². The molecule has 1 amide bonds. The Morgan fingerprint density at radius 3 is 2.46 bits per heavy atom. The van der Waals surface area contributed by atoms with Crippen LogP contribution in [0.15, 0.2) is 42.5 Å². The van der Waals surface area contributed by atoms with Gasteiger partial charge in [-0.2, -0.15) is 5.26 Å². The third-order valence-electron chi connectivity index (χ3n) is 3.09. The summed E-state index contributed by atoms with van der Waals surface area (Å²) in [5, 5.41) is 12.0. The highest BCUT2D eigenvalue weighted by molar-refractivity contribution is 6.35. The van der Waals surface area contributed by atoms with E-state index in [0.29, 0.717) is 21.3 Å². The van der Waals surface area contributed by atoms with Crippen LogP contribution in [0.2, 0.25) is 10.0 Å². The molecule has 0 heterocycles. The predicted molar refractivity (Wildman–Crippen MR) is 91.1 cm³/mol. The number of nitriles is 1. The Hall–Kier alpha value is -2.55. The minimum absolute atomic E-state index is 0.245. The van der Waals surface area contributed by atoms with Crippen molar-refractivity contribution in [3.63, 3.8) is 0 Å². The van der Waals surface area contributed by atoms with E-state index in [4.69, 9.17) is 33.2 Å². The Morgan fingerprint density at radius 2 is 1.83 bits per heavy atom. The number of esters is 1. The molecule has 24 heavy (non-hydrogen) atoms. The van der Waals surface area contributed by atoms with E-state index in [1.165, 1.54) is 37.3 Å². The van der Waals surface area contributed by atoms with Crippen molar-refractivity contribution in [1.82, 2.24) is 0 Å². The van der Waals surface area contributed by atoms with Gasteiger partial charge < -0.3 is 10.1 Å². The van der Waals surface area contributed by atoms with E-state index in [9.17, 15) is 9.59 Å². The fourth-order valence-electron chi connectivity index (χ4n) is 1.79. The van der Waals surface area contributed by atoms with Crippen molar-refractivity contribution in [2.45, 2.75) is 13.0 Å². The molecule has 0 saturated carbocycles. The molecule has 1 unspecified atom stereocenters. The molecule has 2 aromatic rings.